The number of aliphatic hydroxyl groups is 1. The normalized spacial score (nSPS) is 14.4. The monoisotopic (exact) mass is 209 g/mol. The second-order valence-electron chi connectivity index (χ2n) is 2.83. The fraction of sp³-hybridized carbons (Fsp3) is 0.571. The van der Waals surface area contributed by atoms with E-state index in [2.05, 4.69) is 5.10 Å². The van der Waals surface area contributed by atoms with Crippen LogP contribution in [-0.4, -0.2) is 21.4 Å². The number of aryl methyl sites for hydroxylation is 1. The van der Waals surface area contributed by atoms with Gasteiger partial charge in [0, 0.05) is 13.6 Å². The van der Waals surface area contributed by atoms with Crippen LogP contribution >= 0.6 is 0 Å². The van der Waals surface area contributed by atoms with Crippen LogP contribution in [0.5, 0.6) is 0 Å². The van der Waals surface area contributed by atoms with E-state index in [9.17, 15) is 18.3 Å². The van der Waals surface area contributed by atoms with Crippen molar-refractivity contribution < 1.29 is 18.3 Å². The first-order chi connectivity index (χ1) is 6.36. The van der Waals surface area contributed by atoms with E-state index in [1.54, 1.807) is 0 Å². The minimum atomic E-state index is -4.50. The van der Waals surface area contributed by atoms with Crippen molar-refractivity contribution in [2.24, 2.45) is 12.8 Å². The van der Waals surface area contributed by atoms with Crippen LogP contribution in [0.4, 0.5) is 13.2 Å². The molecule has 7 heteroatoms. The Balaban J connectivity index is 3.05. The van der Waals surface area contributed by atoms with Gasteiger partial charge in [-0.1, -0.05) is 0 Å². The van der Waals surface area contributed by atoms with Gasteiger partial charge in [-0.2, -0.15) is 18.3 Å². The lowest BCUT2D eigenvalue weighted by Crippen LogP contribution is -2.14. The summed E-state index contributed by atoms with van der Waals surface area (Å²) in [5, 5.41) is 12.5. The molecule has 1 aromatic rings. The van der Waals surface area contributed by atoms with Crippen molar-refractivity contribution >= 4 is 0 Å². The van der Waals surface area contributed by atoms with Gasteiger partial charge < -0.3 is 10.8 Å². The number of halogens is 3. The number of rotatable bonds is 2. The average Bonchev–Trinajstić information content (AvgIpc) is 2.45. The minimum absolute atomic E-state index is 0.0554. The molecule has 0 aliphatic rings. The van der Waals surface area contributed by atoms with Crippen LogP contribution in [0.15, 0.2) is 6.07 Å². The zero-order chi connectivity index (χ0) is 10.9. The molecule has 0 saturated heterocycles. The largest absolute Gasteiger partial charge is 0.435 e. The van der Waals surface area contributed by atoms with Crippen LogP contribution in [0.1, 0.15) is 17.5 Å². The van der Waals surface area contributed by atoms with Gasteiger partial charge in [0.1, 0.15) is 6.10 Å². The molecule has 0 saturated carbocycles. The van der Waals surface area contributed by atoms with E-state index < -0.39 is 18.0 Å². The zero-order valence-electron chi connectivity index (χ0n) is 7.41. The van der Waals surface area contributed by atoms with Crippen LogP contribution in [0.2, 0.25) is 0 Å². The maximum absolute atomic E-state index is 12.2. The Bertz CT molecular complexity index is 320. The van der Waals surface area contributed by atoms with Gasteiger partial charge >= 0.3 is 6.18 Å². The summed E-state index contributed by atoms with van der Waals surface area (Å²) in [5.41, 5.74) is 4.15. The SMILES string of the molecule is Cn1nc(C(F)(F)F)cc1C(O)CN. The molecule has 0 fully saturated rings. The summed E-state index contributed by atoms with van der Waals surface area (Å²) in [6, 6.07) is 0.789. The summed E-state index contributed by atoms with van der Waals surface area (Å²) in [6.45, 7) is -0.142. The van der Waals surface area contributed by atoms with Crippen molar-refractivity contribution in [3.8, 4) is 0 Å². The summed E-state index contributed by atoms with van der Waals surface area (Å²) < 4.78 is 37.5. The van der Waals surface area contributed by atoms with Gasteiger partial charge in [-0.3, -0.25) is 4.68 Å². The molecule has 0 spiro atoms. The highest BCUT2D eigenvalue weighted by Crippen LogP contribution is 2.29. The molecule has 0 bridgehead atoms. The third-order valence-corrected chi connectivity index (χ3v) is 1.77. The lowest BCUT2D eigenvalue weighted by atomic mass is 10.2. The van der Waals surface area contributed by atoms with Gasteiger partial charge in [0.25, 0.3) is 0 Å². The van der Waals surface area contributed by atoms with E-state index in [0.717, 1.165) is 10.7 Å². The Labute approximate surface area is 78.1 Å². The number of hydrogen-bond donors (Lipinski definition) is 2. The van der Waals surface area contributed by atoms with Gasteiger partial charge in [0.15, 0.2) is 5.69 Å². The second-order valence-corrected chi connectivity index (χ2v) is 2.83. The third kappa shape index (κ3) is 2.05. The summed E-state index contributed by atoms with van der Waals surface area (Å²) in [4.78, 5) is 0. The predicted octanol–water partition coefficient (Wildman–Crippen LogP) is 0.431. The molecule has 1 atom stereocenters. The highest BCUT2D eigenvalue weighted by molar-refractivity contribution is 5.15. The molecule has 80 valence electrons. The molecule has 3 N–H and O–H groups in total. The van der Waals surface area contributed by atoms with Crippen molar-refractivity contribution in [2.45, 2.75) is 12.3 Å². The molecule has 1 rings (SSSR count). The van der Waals surface area contributed by atoms with E-state index in [-0.39, 0.29) is 12.2 Å². The first-order valence-electron chi connectivity index (χ1n) is 3.85. The average molecular weight is 209 g/mol. The Kier molecular flexibility index (Phi) is 2.81. The number of nitrogens with two attached hydrogens (primary N) is 1. The smallest absolute Gasteiger partial charge is 0.385 e. The molecular formula is C7H10F3N3O. The molecule has 1 heterocycles. The Morgan fingerprint density at radius 2 is 2.21 bits per heavy atom. The van der Waals surface area contributed by atoms with Gasteiger partial charge in [-0.05, 0) is 6.07 Å². The van der Waals surface area contributed by atoms with E-state index in [1.165, 1.54) is 7.05 Å². The molecule has 4 nitrogen and oxygen atoms in total. The van der Waals surface area contributed by atoms with Gasteiger partial charge in [-0.15, -0.1) is 0 Å². The van der Waals surface area contributed by atoms with E-state index in [4.69, 9.17) is 5.73 Å². The molecular weight excluding hydrogens is 199 g/mol. The highest BCUT2D eigenvalue weighted by Gasteiger charge is 2.35. The molecule has 0 aliphatic carbocycles. The van der Waals surface area contributed by atoms with Crippen LogP contribution in [0, 0.1) is 0 Å². The van der Waals surface area contributed by atoms with Crippen LogP contribution < -0.4 is 5.73 Å². The summed E-state index contributed by atoms with van der Waals surface area (Å²) in [6.07, 6.45) is -5.62. The van der Waals surface area contributed by atoms with Crippen LogP contribution in [0.25, 0.3) is 0 Å². The summed E-state index contributed by atoms with van der Waals surface area (Å²) in [5.74, 6) is 0. The van der Waals surface area contributed by atoms with Crippen molar-refractivity contribution in [3.05, 3.63) is 17.5 Å². The van der Waals surface area contributed by atoms with E-state index in [0.29, 0.717) is 0 Å². The summed E-state index contributed by atoms with van der Waals surface area (Å²) in [7, 11) is 1.32. The van der Waals surface area contributed by atoms with Crippen LogP contribution in [0.3, 0.4) is 0 Å². The zero-order valence-corrected chi connectivity index (χ0v) is 7.41. The molecule has 0 aliphatic heterocycles. The summed E-state index contributed by atoms with van der Waals surface area (Å²) >= 11 is 0. The second kappa shape index (κ2) is 3.58. The number of aromatic nitrogens is 2. The fourth-order valence-electron chi connectivity index (χ4n) is 1.05. The minimum Gasteiger partial charge on any atom is -0.385 e. The van der Waals surface area contributed by atoms with E-state index >= 15 is 0 Å². The predicted molar refractivity (Wildman–Crippen MR) is 42.2 cm³/mol. The van der Waals surface area contributed by atoms with Gasteiger partial charge in [-0.25, -0.2) is 0 Å². The molecule has 1 unspecified atom stereocenters. The van der Waals surface area contributed by atoms with E-state index in [1.807, 2.05) is 0 Å². The number of aliphatic hydroxyl groups excluding tert-OH is 1. The van der Waals surface area contributed by atoms with Crippen molar-refractivity contribution in [2.75, 3.05) is 6.54 Å². The maximum Gasteiger partial charge on any atom is 0.435 e. The Morgan fingerprint density at radius 3 is 2.57 bits per heavy atom. The Morgan fingerprint density at radius 1 is 1.64 bits per heavy atom. The quantitative estimate of drug-likeness (QED) is 0.742. The lowest BCUT2D eigenvalue weighted by molar-refractivity contribution is -0.141. The lowest BCUT2D eigenvalue weighted by Gasteiger charge is -2.06. The topological polar surface area (TPSA) is 64.1 Å². The van der Waals surface area contributed by atoms with Crippen molar-refractivity contribution in [3.63, 3.8) is 0 Å². The van der Waals surface area contributed by atoms with Gasteiger partial charge in [0.2, 0.25) is 0 Å². The Hall–Kier alpha value is -1.08. The third-order valence-electron chi connectivity index (χ3n) is 1.77. The number of nitrogens with zero attached hydrogens (tertiary/aromatic N) is 2. The first kappa shape index (κ1) is 11.0. The molecule has 14 heavy (non-hydrogen) atoms. The molecule has 1 aromatic heterocycles. The molecule has 0 aromatic carbocycles. The highest BCUT2D eigenvalue weighted by atomic mass is 19.4. The first-order valence-corrected chi connectivity index (χ1v) is 3.85. The number of hydrogen-bond acceptors (Lipinski definition) is 3. The molecule has 0 amide bonds. The van der Waals surface area contributed by atoms with Crippen molar-refractivity contribution in [1.29, 1.82) is 0 Å². The fourth-order valence-corrected chi connectivity index (χ4v) is 1.05. The van der Waals surface area contributed by atoms with Crippen LogP contribution in [-0.2, 0) is 13.2 Å². The standard InChI is InChI=1S/C7H10F3N3O/c1-13-4(5(14)3-11)2-6(12-13)7(8,9)10/h2,5,14H,3,11H2,1H3. The van der Waals surface area contributed by atoms with Crippen molar-refractivity contribution in [1.82, 2.24) is 9.78 Å². The van der Waals surface area contributed by atoms with Gasteiger partial charge in [0.05, 0.1) is 5.69 Å². The molecule has 0 radical (unpaired) electrons. The maximum atomic E-state index is 12.2. The number of alkyl halides is 3.